The number of rotatable bonds is 3. The van der Waals surface area contributed by atoms with Gasteiger partial charge in [-0.2, -0.15) is 0 Å². The van der Waals surface area contributed by atoms with E-state index in [1.807, 2.05) is 11.1 Å². The fourth-order valence-corrected chi connectivity index (χ4v) is 4.32. The molecule has 24 heavy (non-hydrogen) atoms. The molecule has 1 aliphatic heterocycles. The highest BCUT2D eigenvalue weighted by Gasteiger charge is 2.39. The summed E-state index contributed by atoms with van der Waals surface area (Å²) < 4.78 is 0. The van der Waals surface area contributed by atoms with E-state index >= 15 is 0 Å². The van der Waals surface area contributed by atoms with Crippen LogP contribution in [0.5, 0.6) is 0 Å². The highest BCUT2D eigenvalue weighted by atomic mass is 35.5. The van der Waals surface area contributed by atoms with Crippen LogP contribution >= 0.6 is 36.2 Å². The number of anilines is 1. The molecule has 2 fully saturated rings. The maximum Gasteiger partial charge on any atom is 0.242 e. The van der Waals surface area contributed by atoms with Crippen LogP contribution in [0, 0.1) is 0 Å². The van der Waals surface area contributed by atoms with Crippen molar-refractivity contribution in [3.8, 4) is 0 Å². The van der Waals surface area contributed by atoms with Gasteiger partial charge in [-0.05, 0) is 19.3 Å². The van der Waals surface area contributed by atoms with Gasteiger partial charge in [0.2, 0.25) is 5.91 Å². The SMILES string of the molecule is CCc1cnc(N2CCN(C(=O)C3(N)CCCCC3)CC2)s1.Cl.Cl. The van der Waals surface area contributed by atoms with E-state index in [4.69, 9.17) is 5.73 Å². The topological polar surface area (TPSA) is 62.5 Å². The van der Waals surface area contributed by atoms with Crippen molar-refractivity contribution in [1.82, 2.24) is 9.88 Å². The van der Waals surface area contributed by atoms with E-state index in [0.29, 0.717) is 0 Å². The van der Waals surface area contributed by atoms with Crippen LogP contribution in [0.2, 0.25) is 0 Å². The van der Waals surface area contributed by atoms with Gasteiger partial charge in [-0.25, -0.2) is 4.98 Å². The average Bonchev–Trinajstić information content (AvgIpc) is 3.04. The first-order valence-electron chi connectivity index (χ1n) is 8.40. The summed E-state index contributed by atoms with van der Waals surface area (Å²) >= 11 is 1.76. The maximum absolute atomic E-state index is 12.7. The van der Waals surface area contributed by atoms with Gasteiger partial charge in [-0.3, -0.25) is 4.79 Å². The lowest BCUT2D eigenvalue weighted by Crippen LogP contribution is -2.60. The fraction of sp³-hybridized carbons (Fsp3) is 0.750. The average molecular weight is 395 g/mol. The van der Waals surface area contributed by atoms with Gasteiger partial charge in [0.1, 0.15) is 0 Å². The van der Waals surface area contributed by atoms with Crippen LogP contribution < -0.4 is 10.6 Å². The number of piperazine rings is 1. The highest BCUT2D eigenvalue weighted by Crippen LogP contribution is 2.29. The molecule has 1 aliphatic carbocycles. The van der Waals surface area contributed by atoms with Crippen LogP contribution in [-0.2, 0) is 11.2 Å². The number of aryl methyl sites for hydroxylation is 1. The molecule has 0 radical (unpaired) electrons. The Labute approximate surface area is 160 Å². The van der Waals surface area contributed by atoms with Crippen LogP contribution in [0.25, 0.3) is 0 Å². The number of halogens is 2. The van der Waals surface area contributed by atoms with E-state index in [2.05, 4.69) is 16.8 Å². The molecule has 3 rings (SSSR count). The minimum absolute atomic E-state index is 0. The number of amides is 1. The molecule has 2 N–H and O–H groups in total. The zero-order valence-corrected chi connectivity index (χ0v) is 16.6. The predicted octanol–water partition coefficient (Wildman–Crippen LogP) is 2.86. The summed E-state index contributed by atoms with van der Waals surface area (Å²) in [4.78, 5) is 22.8. The van der Waals surface area contributed by atoms with Crippen molar-refractivity contribution in [2.45, 2.75) is 51.0 Å². The summed E-state index contributed by atoms with van der Waals surface area (Å²) in [7, 11) is 0. The second kappa shape index (κ2) is 9.22. The molecule has 2 heterocycles. The Hall–Kier alpha value is -0.560. The van der Waals surface area contributed by atoms with E-state index in [0.717, 1.165) is 63.4 Å². The van der Waals surface area contributed by atoms with Crippen molar-refractivity contribution in [3.05, 3.63) is 11.1 Å². The van der Waals surface area contributed by atoms with Crippen LogP contribution in [0.3, 0.4) is 0 Å². The monoisotopic (exact) mass is 394 g/mol. The lowest BCUT2D eigenvalue weighted by molar-refractivity contribution is -0.138. The number of carbonyl (C=O) groups is 1. The standard InChI is InChI=1S/C16H26N4OS.2ClH/c1-2-13-12-18-15(22-13)20-10-8-19(9-11-20)14(21)16(17)6-4-3-5-7-16;;/h12H,2-11,17H2,1H3;2*1H. The van der Waals surface area contributed by atoms with Gasteiger partial charge in [-0.1, -0.05) is 26.2 Å². The molecule has 5 nitrogen and oxygen atoms in total. The van der Waals surface area contributed by atoms with Crippen molar-refractivity contribution < 1.29 is 4.79 Å². The molecule has 0 bridgehead atoms. The third-order valence-corrected chi connectivity index (χ3v) is 6.10. The summed E-state index contributed by atoms with van der Waals surface area (Å²) in [5, 5.41) is 1.09. The predicted molar refractivity (Wildman–Crippen MR) is 105 cm³/mol. The Kier molecular flexibility index (Phi) is 8.26. The van der Waals surface area contributed by atoms with Gasteiger partial charge >= 0.3 is 0 Å². The number of hydrogen-bond acceptors (Lipinski definition) is 5. The van der Waals surface area contributed by atoms with E-state index < -0.39 is 5.54 Å². The molecule has 8 heteroatoms. The van der Waals surface area contributed by atoms with E-state index in [-0.39, 0.29) is 30.7 Å². The summed E-state index contributed by atoms with van der Waals surface area (Å²) in [6, 6.07) is 0. The van der Waals surface area contributed by atoms with Crippen LogP contribution in [-0.4, -0.2) is 47.5 Å². The van der Waals surface area contributed by atoms with Gasteiger partial charge in [-0.15, -0.1) is 36.2 Å². The first-order chi connectivity index (χ1) is 10.6. The Morgan fingerprint density at radius 3 is 2.38 bits per heavy atom. The van der Waals surface area contributed by atoms with Crippen molar-refractivity contribution in [3.63, 3.8) is 0 Å². The van der Waals surface area contributed by atoms with E-state index in [1.54, 1.807) is 11.3 Å². The van der Waals surface area contributed by atoms with E-state index in [9.17, 15) is 4.79 Å². The van der Waals surface area contributed by atoms with E-state index in [1.165, 1.54) is 11.3 Å². The number of aromatic nitrogens is 1. The molecule has 1 saturated carbocycles. The molecule has 138 valence electrons. The number of thiazole rings is 1. The Bertz CT molecular complexity index is 526. The number of nitrogens with two attached hydrogens (primary N) is 1. The Morgan fingerprint density at radius 1 is 1.21 bits per heavy atom. The Balaban J connectivity index is 0.00000144. The number of nitrogens with zero attached hydrogens (tertiary/aromatic N) is 3. The molecule has 1 saturated heterocycles. The first kappa shape index (κ1) is 21.5. The van der Waals surface area contributed by atoms with Gasteiger partial charge < -0.3 is 15.5 Å². The molecule has 1 aromatic rings. The normalized spacial score (nSPS) is 20.1. The van der Waals surface area contributed by atoms with Crippen LogP contribution in [0.4, 0.5) is 5.13 Å². The minimum atomic E-state index is -0.600. The van der Waals surface area contributed by atoms with Crippen LogP contribution in [0.1, 0.15) is 43.9 Å². The minimum Gasteiger partial charge on any atom is -0.345 e. The van der Waals surface area contributed by atoms with Gasteiger partial charge in [0.25, 0.3) is 0 Å². The molecular formula is C16H28Cl2N4OS. The summed E-state index contributed by atoms with van der Waals surface area (Å²) in [5.41, 5.74) is 5.79. The van der Waals surface area contributed by atoms with Crippen LogP contribution in [0.15, 0.2) is 6.20 Å². The zero-order chi connectivity index (χ0) is 15.6. The fourth-order valence-electron chi connectivity index (χ4n) is 3.42. The lowest BCUT2D eigenvalue weighted by Gasteiger charge is -2.41. The van der Waals surface area contributed by atoms with Crippen molar-refractivity contribution in [1.29, 1.82) is 0 Å². The molecule has 0 spiro atoms. The van der Waals surface area contributed by atoms with Crippen molar-refractivity contribution in [2.75, 3.05) is 31.1 Å². The summed E-state index contributed by atoms with van der Waals surface area (Å²) in [6.07, 6.45) is 8.07. The summed E-state index contributed by atoms with van der Waals surface area (Å²) in [5.74, 6) is 0.167. The summed E-state index contributed by atoms with van der Waals surface area (Å²) in [6.45, 7) is 5.40. The molecule has 1 amide bonds. The molecule has 2 aliphatic rings. The van der Waals surface area contributed by atoms with Gasteiger partial charge in [0.05, 0.1) is 5.54 Å². The van der Waals surface area contributed by atoms with Crippen molar-refractivity contribution in [2.24, 2.45) is 5.73 Å². The molecule has 1 aromatic heterocycles. The highest BCUT2D eigenvalue weighted by molar-refractivity contribution is 7.15. The van der Waals surface area contributed by atoms with Gasteiger partial charge in [0.15, 0.2) is 5.13 Å². The third-order valence-electron chi connectivity index (χ3n) is 4.90. The third kappa shape index (κ3) is 4.54. The second-order valence-electron chi connectivity index (χ2n) is 6.46. The van der Waals surface area contributed by atoms with Gasteiger partial charge in [0, 0.05) is 37.3 Å². The number of hydrogen-bond donors (Lipinski definition) is 1. The smallest absolute Gasteiger partial charge is 0.242 e. The zero-order valence-electron chi connectivity index (χ0n) is 14.2. The number of carbonyl (C=O) groups excluding carboxylic acids is 1. The largest absolute Gasteiger partial charge is 0.345 e. The first-order valence-corrected chi connectivity index (χ1v) is 9.22. The molecule has 0 atom stereocenters. The molecule has 0 aromatic carbocycles. The molecule has 0 unspecified atom stereocenters. The molecular weight excluding hydrogens is 367 g/mol. The quantitative estimate of drug-likeness (QED) is 0.855. The van der Waals surface area contributed by atoms with Crippen molar-refractivity contribution >= 4 is 47.2 Å². The Morgan fingerprint density at radius 2 is 1.83 bits per heavy atom. The maximum atomic E-state index is 12.7. The second-order valence-corrected chi connectivity index (χ2v) is 7.55. The lowest BCUT2D eigenvalue weighted by atomic mass is 9.81.